The Morgan fingerprint density at radius 1 is 1.03 bits per heavy atom. The van der Waals surface area contributed by atoms with Crippen LogP contribution in [-0.2, 0) is 6.18 Å². The molecule has 2 N–H and O–H groups in total. The fraction of sp³-hybridized carbons (Fsp3) is 0.136. The van der Waals surface area contributed by atoms with Gasteiger partial charge in [-0.2, -0.15) is 13.2 Å². The van der Waals surface area contributed by atoms with Crippen LogP contribution < -0.4 is 15.2 Å². The van der Waals surface area contributed by atoms with Crippen molar-refractivity contribution in [3.63, 3.8) is 0 Å². The van der Waals surface area contributed by atoms with Crippen LogP contribution in [0, 0.1) is 6.92 Å². The maximum atomic E-state index is 13.9. The van der Waals surface area contributed by atoms with Gasteiger partial charge in [0, 0.05) is 25.4 Å². The first-order valence-corrected chi connectivity index (χ1v) is 10.8. The van der Waals surface area contributed by atoms with Crippen molar-refractivity contribution >= 4 is 44.2 Å². The summed E-state index contributed by atoms with van der Waals surface area (Å²) in [4.78, 5) is 14.9. The molecule has 2 aromatic heterocycles. The number of carbonyl (C=O) groups is 1. The monoisotopic (exact) mass is 461 g/mol. The predicted molar refractivity (Wildman–Crippen MR) is 115 cm³/mol. The van der Waals surface area contributed by atoms with E-state index in [1.54, 1.807) is 24.3 Å². The third-order valence-electron chi connectivity index (χ3n) is 5.00. The summed E-state index contributed by atoms with van der Waals surface area (Å²) in [5.74, 6) is 0.464. The number of hydrogen-bond donors (Lipinski definition) is 1. The number of nitrogen functional groups attached to an aromatic ring is 1. The fourth-order valence-electron chi connectivity index (χ4n) is 3.55. The van der Waals surface area contributed by atoms with E-state index in [0.717, 1.165) is 27.2 Å². The highest BCUT2D eigenvalue weighted by Gasteiger charge is 2.36. The van der Waals surface area contributed by atoms with Crippen molar-refractivity contribution in [1.29, 1.82) is 0 Å². The molecule has 4 aromatic rings. The number of fused-ring (bicyclic) bond motifs is 2. The lowest BCUT2D eigenvalue weighted by molar-refractivity contribution is -0.136. The van der Waals surface area contributed by atoms with Crippen molar-refractivity contribution in [2.45, 2.75) is 13.1 Å². The van der Waals surface area contributed by atoms with Gasteiger partial charge in [-0.15, -0.1) is 22.7 Å². The molecule has 0 bridgehead atoms. The average Bonchev–Trinajstić information content (AvgIpc) is 3.44. The summed E-state index contributed by atoms with van der Waals surface area (Å²) in [7, 11) is 0. The van der Waals surface area contributed by atoms with Crippen LogP contribution in [0.4, 0.5) is 18.9 Å². The average molecular weight is 461 g/mol. The lowest BCUT2D eigenvalue weighted by Crippen LogP contribution is -2.07. The number of anilines is 1. The number of nitrogens with two attached hydrogens (primary N) is 1. The van der Waals surface area contributed by atoms with Gasteiger partial charge in [0.2, 0.25) is 12.6 Å². The van der Waals surface area contributed by atoms with E-state index in [1.807, 2.05) is 13.0 Å². The quantitative estimate of drug-likeness (QED) is 0.354. The van der Waals surface area contributed by atoms with E-state index in [4.69, 9.17) is 15.2 Å². The molecular formula is C22H14F3NO3S2. The first-order chi connectivity index (χ1) is 14.7. The summed E-state index contributed by atoms with van der Waals surface area (Å²) in [6.07, 6.45) is -4.62. The standard InChI is InChI=1S/C22H14F3NO3S2/c1-10-2-5-16(30-10)12-6-13(22(23,24)25)18-17(8-12)31-21(19(18)26)20(27)11-3-4-14-15(7-11)29-9-28-14/h2-8H,9,26H2,1H3. The van der Waals surface area contributed by atoms with Gasteiger partial charge in [0.25, 0.3) is 0 Å². The molecule has 0 amide bonds. The molecule has 0 radical (unpaired) electrons. The lowest BCUT2D eigenvalue weighted by atomic mass is 10.0. The molecule has 4 nitrogen and oxygen atoms in total. The molecule has 0 fully saturated rings. The molecule has 1 aliphatic rings. The summed E-state index contributed by atoms with van der Waals surface area (Å²) in [6, 6.07) is 11.1. The molecule has 158 valence electrons. The fourth-order valence-corrected chi connectivity index (χ4v) is 5.55. The van der Waals surface area contributed by atoms with E-state index in [-0.39, 0.29) is 28.3 Å². The molecule has 0 unspecified atom stereocenters. The number of benzene rings is 2. The molecule has 9 heteroatoms. The highest BCUT2D eigenvalue weighted by molar-refractivity contribution is 7.22. The van der Waals surface area contributed by atoms with Crippen LogP contribution in [0.1, 0.15) is 25.7 Å². The van der Waals surface area contributed by atoms with Gasteiger partial charge in [-0.05, 0) is 55.0 Å². The first kappa shape index (κ1) is 19.9. The van der Waals surface area contributed by atoms with Gasteiger partial charge in [-0.1, -0.05) is 0 Å². The number of thiophene rings is 2. The van der Waals surface area contributed by atoms with Crippen LogP contribution in [0.15, 0.2) is 42.5 Å². The van der Waals surface area contributed by atoms with Crippen molar-refractivity contribution in [3.8, 4) is 21.9 Å². The predicted octanol–water partition coefficient (Wildman–Crippen LogP) is 6.50. The van der Waals surface area contributed by atoms with E-state index in [2.05, 4.69) is 0 Å². The van der Waals surface area contributed by atoms with E-state index >= 15 is 0 Å². The van der Waals surface area contributed by atoms with E-state index in [0.29, 0.717) is 21.8 Å². The Hall–Kier alpha value is -3.04. The molecule has 0 saturated heterocycles. The minimum atomic E-state index is -4.62. The van der Waals surface area contributed by atoms with Crippen LogP contribution in [0.5, 0.6) is 11.5 Å². The summed E-state index contributed by atoms with van der Waals surface area (Å²) >= 11 is 2.37. The van der Waals surface area contributed by atoms with Gasteiger partial charge in [0.15, 0.2) is 11.5 Å². The molecule has 3 heterocycles. The number of aryl methyl sites for hydroxylation is 1. The molecule has 31 heavy (non-hydrogen) atoms. The third kappa shape index (κ3) is 3.34. The summed E-state index contributed by atoms with van der Waals surface area (Å²) < 4.78 is 52.6. The molecule has 0 spiro atoms. The molecule has 0 saturated carbocycles. The van der Waals surface area contributed by atoms with Gasteiger partial charge in [-0.25, -0.2) is 0 Å². The molecular weight excluding hydrogens is 447 g/mol. The van der Waals surface area contributed by atoms with E-state index in [9.17, 15) is 18.0 Å². The number of carbonyl (C=O) groups excluding carboxylic acids is 1. The second kappa shape index (κ2) is 7.00. The number of halogens is 3. The van der Waals surface area contributed by atoms with Gasteiger partial charge < -0.3 is 15.2 Å². The smallest absolute Gasteiger partial charge is 0.417 e. The SMILES string of the molecule is Cc1ccc(-c2cc(C(F)(F)F)c3c(N)c(C(=O)c4ccc5c(c4)OCO5)sc3c2)s1. The Morgan fingerprint density at radius 2 is 1.81 bits per heavy atom. The Labute approximate surface area is 182 Å². The zero-order valence-corrected chi connectivity index (χ0v) is 17.6. The minimum Gasteiger partial charge on any atom is -0.454 e. The lowest BCUT2D eigenvalue weighted by Gasteiger charge is -2.11. The first-order valence-electron chi connectivity index (χ1n) is 9.17. The van der Waals surface area contributed by atoms with Gasteiger partial charge in [-0.3, -0.25) is 4.79 Å². The third-order valence-corrected chi connectivity index (χ3v) is 7.20. The molecule has 0 aliphatic carbocycles. The number of ether oxygens (including phenoxy) is 2. The normalized spacial score (nSPS) is 13.2. The minimum absolute atomic E-state index is 0.0535. The highest BCUT2D eigenvalue weighted by Crippen LogP contribution is 2.46. The molecule has 2 aromatic carbocycles. The summed E-state index contributed by atoms with van der Waals surface area (Å²) in [6.45, 7) is 1.94. The summed E-state index contributed by atoms with van der Waals surface area (Å²) in [5, 5.41) is -0.140. The van der Waals surface area contributed by atoms with Crippen LogP contribution >= 0.6 is 22.7 Å². The van der Waals surface area contributed by atoms with Crippen molar-refractivity contribution in [2.75, 3.05) is 12.5 Å². The Balaban J connectivity index is 1.68. The zero-order chi connectivity index (χ0) is 21.9. The van der Waals surface area contributed by atoms with Gasteiger partial charge in [0.05, 0.1) is 16.1 Å². The molecule has 1 aliphatic heterocycles. The Kier molecular flexibility index (Phi) is 4.49. The van der Waals surface area contributed by atoms with E-state index < -0.39 is 17.5 Å². The van der Waals surface area contributed by atoms with Crippen molar-refractivity contribution in [2.24, 2.45) is 0 Å². The summed E-state index contributed by atoms with van der Waals surface area (Å²) in [5.41, 5.74) is 5.82. The van der Waals surface area contributed by atoms with Crippen LogP contribution in [0.25, 0.3) is 20.5 Å². The van der Waals surface area contributed by atoms with Crippen LogP contribution in [0.3, 0.4) is 0 Å². The molecule has 5 rings (SSSR count). The number of hydrogen-bond acceptors (Lipinski definition) is 6. The Bertz CT molecular complexity index is 1350. The second-order valence-electron chi connectivity index (χ2n) is 7.05. The maximum Gasteiger partial charge on any atom is 0.417 e. The number of rotatable bonds is 3. The topological polar surface area (TPSA) is 61.6 Å². The van der Waals surface area contributed by atoms with Crippen LogP contribution in [0.2, 0.25) is 0 Å². The number of ketones is 1. The van der Waals surface area contributed by atoms with Gasteiger partial charge >= 0.3 is 6.18 Å². The van der Waals surface area contributed by atoms with Gasteiger partial charge in [0.1, 0.15) is 0 Å². The molecule has 0 atom stereocenters. The Morgan fingerprint density at radius 3 is 2.52 bits per heavy atom. The highest BCUT2D eigenvalue weighted by atomic mass is 32.1. The van der Waals surface area contributed by atoms with Crippen molar-refractivity contribution < 1.29 is 27.4 Å². The maximum absolute atomic E-state index is 13.9. The van der Waals surface area contributed by atoms with Crippen LogP contribution in [-0.4, -0.2) is 12.6 Å². The van der Waals surface area contributed by atoms with Crippen molar-refractivity contribution in [3.05, 3.63) is 63.3 Å². The largest absolute Gasteiger partial charge is 0.454 e. The number of alkyl halides is 3. The van der Waals surface area contributed by atoms with Crippen molar-refractivity contribution in [1.82, 2.24) is 0 Å². The zero-order valence-electron chi connectivity index (χ0n) is 16.0. The van der Waals surface area contributed by atoms with E-state index in [1.165, 1.54) is 17.4 Å². The second-order valence-corrected chi connectivity index (χ2v) is 9.39.